The van der Waals surface area contributed by atoms with Crippen LogP contribution in [0.2, 0.25) is 0 Å². The van der Waals surface area contributed by atoms with E-state index in [1.807, 2.05) is 20.8 Å². The summed E-state index contributed by atoms with van der Waals surface area (Å²) < 4.78 is 0. The van der Waals surface area contributed by atoms with Gasteiger partial charge in [-0.15, -0.1) is 49.6 Å². The zero-order valence-electron chi connectivity index (χ0n) is 6.21. The molecule has 0 rings (SSSR count). The molecule has 0 aliphatic carbocycles. The van der Waals surface area contributed by atoms with E-state index in [4.69, 9.17) is 5.84 Å². The van der Waals surface area contributed by atoms with Crippen molar-refractivity contribution in [3.8, 4) is 0 Å². The van der Waals surface area contributed by atoms with Crippen molar-refractivity contribution in [2.45, 2.75) is 26.3 Å². The summed E-state index contributed by atoms with van der Waals surface area (Å²) in [6.07, 6.45) is 0. The number of nitrogens with two attached hydrogens (primary N) is 1. The smallest absolute Gasteiger partial charge is 0.0236 e. The van der Waals surface area contributed by atoms with Crippen LogP contribution in [0.25, 0.3) is 0 Å². The Labute approximate surface area is 87.3 Å². The maximum atomic E-state index is 5.06. The molecule has 2 nitrogen and oxygen atoms in total. The predicted octanol–water partition coefficient (Wildman–Crippen LogP) is 1.94. The lowest BCUT2D eigenvalue weighted by Crippen LogP contribution is -2.41. The lowest BCUT2D eigenvalue weighted by atomic mass is 10.1. The number of halogens is 4. The number of nitrogens with one attached hydrogen (secondary N) is 1. The second-order valence-corrected chi connectivity index (χ2v) is 2.39. The Bertz CT molecular complexity index is 45.0. The normalized spacial score (nSPS) is 7.20. The lowest BCUT2D eigenvalue weighted by molar-refractivity contribution is 0.438. The molecular weight excluding hydrogens is 218 g/mol. The third kappa shape index (κ3) is 35.6. The molecule has 70 valence electrons. The Morgan fingerprint density at radius 3 is 1.00 bits per heavy atom. The minimum absolute atomic E-state index is 0. The van der Waals surface area contributed by atoms with Crippen LogP contribution in [0.1, 0.15) is 20.8 Å². The highest BCUT2D eigenvalue weighted by Gasteiger charge is 2.02. The predicted molar refractivity (Wildman–Crippen MR) is 56.1 cm³/mol. The minimum Gasteiger partial charge on any atom is -0.271 e. The van der Waals surface area contributed by atoms with Gasteiger partial charge in [0.2, 0.25) is 0 Å². The van der Waals surface area contributed by atoms with Gasteiger partial charge in [-0.05, 0) is 20.8 Å². The summed E-state index contributed by atoms with van der Waals surface area (Å²) in [6.45, 7) is 6.02. The van der Waals surface area contributed by atoms with Gasteiger partial charge in [0.1, 0.15) is 0 Å². The van der Waals surface area contributed by atoms with E-state index in [1.54, 1.807) is 0 Å². The van der Waals surface area contributed by atoms with Gasteiger partial charge in [0, 0.05) is 5.54 Å². The third-order valence-electron chi connectivity index (χ3n) is 0.433. The van der Waals surface area contributed by atoms with Crippen LogP contribution < -0.4 is 11.3 Å². The van der Waals surface area contributed by atoms with Gasteiger partial charge in [-0.1, -0.05) is 0 Å². The monoisotopic (exact) mass is 232 g/mol. The summed E-state index contributed by atoms with van der Waals surface area (Å²) in [7, 11) is 0. The van der Waals surface area contributed by atoms with Gasteiger partial charge in [0.25, 0.3) is 0 Å². The van der Waals surface area contributed by atoms with Crippen LogP contribution in [0.4, 0.5) is 0 Å². The molecule has 0 saturated carbocycles. The highest BCUT2D eigenvalue weighted by Crippen LogP contribution is 1.92. The summed E-state index contributed by atoms with van der Waals surface area (Å²) in [5, 5.41) is 0. The molecule has 0 aliphatic rings. The van der Waals surface area contributed by atoms with Gasteiger partial charge in [-0.2, -0.15) is 0 Å². The van der Waals surface area contributed by atoms with Crippen molar-refractivity contribution in [1.29, 1.82) is 0 Å². The second kappa shape index (κ2) is 12.7. The molecule has 0 aromatic heterocycles. The van der Waals surface area contributed by atoms with E-state index >= 15 is 0 Å². The number of rotatable bonds is 0. The van der Waals surface area contributed by atoms with Gasteiger partial charge < -0.3 is 0 Å². The molecule has 0 aliphatic heterocycles. The van der Waals surface area contributed by atoms with Crippen molar-refractivity contribution in [3.63, 3.8) is 0 Å². The quantitative estimate of drug-likeness (QED) is 0.496. The topological polar surface area (TPSA) is 38.0 Å². The first-order valence-corrected chi connectivity index (χ1v) is 2.04. The maximum absolute atomic E-state index is 5.06. The molecule has 0 aromatic rings. The van der Waals surface area contributed by atoms with Gasteiger partial charge >= 0.3 is 0 Å². The Hall–Kier alpha value is 1.08. The highest BCUT2D eigenvalue weighted by atomic mass is 35.5. The summed E-state index contributed by atoms with van der Waals surface area (Å²) in [6, 6.07) is 0. The number of hydrazine groups is 1. The molecule has 0 spiro atoms. The molecule has 0 atom stereocenters. The second-order valence-electron chi connectivity index (χ2n) is 2.39. The molecule has 0 heterocycles. The summed E-state index contributed by atoms with van der Waals surface area (Å²) in [4.78, 5) is 0. The van der Waals surface area contributed by atoms with E-state index in [9.17, 15) is 0 Å². The molecule has 3 N–H and O–H groups in total. The fraction of sp³-hybridized carbons (Fsp3) is 1.00. The SMILES string of the molecule is CC(C)(C)NN.Cl.Cl.Cl.Cl. The molecular formula is C4H16Cl4N2. The Balaban J connectivity index is -0.0000000208. The van der Waals surface area contributed by atoms with Gasteiger partial charge in [-0.25, -0.2) is 0 Å². The molecule has 0 unspecified atom stereocenters. The Kier molecular flexibility index (Phi) is 38.8. The molecule has 0 aromatic carbocycles. The van der Waals surface area contributed by atoms with Crippen molar-refractivity contribution in [1.82, 2.24) is 5.43 Å². The average molecular weight is 234 g/mol. The fourth-order valence-corrected chi connectivity index (χ4v) is 0. The molecule has 0 radical (unpaired) electrons. The van der Waals surface area contributed by atoms with Crippen molar-refractivity contribution in [3.05, 3.63) is 0 Å². The summed E-state index contributed by atoms with van der Waals surface area (Å²) in [5.74, 6) is 5.06. The van der Waals surface area contributed by atoms with Crippen LogP contribution in [0, 0.1) is 0 Å². The summed E-state index contributed by atoms with van der Waals surface area (Å²) in [5.41, 5.74) is 2.67. The first kappa shape index (κ1) is 30.5. The van der Waals surface area contributed by atoms with E-state index < -0.39 is 0 Å². The van der Waals surface area contributed by atoms with Gasteiger partial charge in [-0.3, -0.25) is 11.3 Å². The number of hydrogen-bond donors (Lipinski definition) is 2. The Morgan fingerprint density at radius 1 is 0.900 bits per heavy atom. The maximum Gasteiger partial charge on any atom is 0.0236 e. The van der Waals surface area contributed by atoms with Crippen LogP contribution in [-0.2, 0) is 0 Å². The minimum atomic E-state index is 0. The zero-order valence-corrected chi connectivity index (χ0v) is 9.48. The summed E-state index contributed by atoms with van der Waals surface area (Å²) >= 11 is 0. The van der Waals surface area contributed by atoms with Crippen molar-refractivity contribution >= 4 is 49.6 Å². The molecule has 0 saturated heterocycles. The van der Waals surface area contributed by atoms with E-state index in [0.717, 1.165) is 0 Å². The van der Waals surface area contributed by atoms with Crippen LogP contribution in [-0.4, -0.2) is 5.54 Å². The molecule has 10 heavy (non-hydrogen) atoms. The van der Waals surface area contributed by atoms with Crippen molar-refractivity contribution in [2.24, 2.45) is 5.84 Å². The lowest BCUT2D eigenvalue weighted by Gasteiger charge is -2.14. The molecule has 0 fully saturated rings. The van der Waals surface area contributed by atoms with Crippen molar-refractivity contribution < 1.29 is 0 Å². The first-order valence-electron chi connectivity index (χ1n) is 2.04. The Morgan fingerprint density at radius 2 is 1.00 bits per heavy atom. The molecule has 0 amide bonds. The van der Waals surface area contributed by atoms with Crippen LogP contribution in [0.5, 0.6) is 0 Å². The zero-order chi connectivity index (χ0) is 5.21. The largest absolute Gasteiger partial charge is 0.271 e. The fourth-order valence-electron chi connectivity index (χ4n) is 0. The van der Waals surface area contributed by atoms with E-state index in [0.29, 0.717) is 0 Å². The van der Waals surface area contributed by atoms with Gasteiger partial charge in [0.15, 0.2) is 0 Å². The van der Waals surface area contributed by atoms with E-state index in [1.165, 1.54) is 0 Å². The van der Waals surface area contributed by atoms with E-state index in [-0.39, 0.29) is 55.2 Å². The van der Waals surface area contributed by atoms with Crippen LogP contribution in [0.3, 0.4) is 0 Å². The van der Waals surface area contributed by atoms with Crippen LogP contribution >= 0.6 is 49.6 Å². The van der Waals surface area contributed by atoms with E-state index in [2.05, 4.69) is 5.43 Å². The first-order chi connectivity index (χ1) is 2.56. The standard InChI is InChI=1S/C4H12N2.4ClH/c1-4(2,3)6-5;;;;/h6H,5H2,1-3H3;4*1H. The van der Waals surface area contributed by atoms with Gasteiger partial charge in [0.05, 0.1) is 0 Å². The molecule has 6 heteroatoms. The third-order valence-corrected chi connectivity index (χ3v) is 0.433. The molecule has 0 bridgehead atoms. The highest BCUT2D eigenvalue weighted by molar-refractivity contribution is 5.86. The van der Waals surface area contributed by atoms with Crippen molar-refractivity contribution in [2.75, 3.05) is 0 Å². The average Bonchev–Trinajstić information content (AvgIpc) is 1.35. The van der Waals surface area contributed by atoms with Crippen LogP contribution in [0.15, 0.2) is 0 Å². The number of hydrogen-bond acceptors (Lipinski definition) is 2.